The zero-order chi connectivity index (χ0) is 16.3. The molecule has 1 aromatic rings. The molecule has 0 saturated carbocycles. The molecule has 0 N–H and O–H groups in total. The average Bonchev–Trinajstić information content (AvgIpc) is 2.67. The lowest BCUT2D eigenvalue weighted by molar-refractivity contribution is 0.373. The first-order valence-electron chi connectivity index (χ1n) is 7.92. The van der Waals surface area contributed by atoms with Gasteiger partial charge in [-0.25, -0.2) is 0 Å². The van der Waals surface area contributed by atoms with Crippen molar-refractivity contribution in [1.82, 2.24) is 0 Å². The second-order valence-electron chi connectivity index (χ2n) is 6.49. The second-order valence-corrected chi connectivity index (χ2v) is 6.49. The molecule has 0 aliphatic heterocycles. The summed E-state index contributed by atoms with van der Waals surface area (Å²) in [5.74, 6) is 0. The van der Waals surface area contributed by atoms with Crippen molar-refractivity contribution in [2.75, 3.05) is 0 Å². The lowest BCUT2D eigenvalue weighted by atomic mass is 9.73. The lowest BCUT2D eigenvalue weighted by Crippen LogP contribution is -2.23. The van der Waals surface area contributed by atoms with Crippen LogP contribution in [0.3, 0.4) is 0 Å². The normalized spacial score (nSPS) is 23.3. The molecule has 1 aliphatic carbocycles. The van der Waals surface area contributed by atoms with Crippen LogP contribution < -0.4 is 0 Å². The van der Waals surface area contributed by atoms with Gasteiger partial charge < -0.3 is 0 Å². The summed E-state index contributed by atoms with van der Waals surface area (Å²) >= 11 is 0. The van der Waals surface area contributed by atoms with Gasteiger partial charge in [-0.2, -0.15) is 0 Å². The van der Waals surface area contributed by atoms with Crippen molar-refractivity contribution in [3.05, 3.63) is 71.8 Å². The van der Waals surface area contributed by atoms with E-state index in [1.807, 2.05) is 26.0 Å². The van der Waals surface area contributed by atoms with E-state index in [-0.39, 0.29) is 10.8 Å². The van der Waals surface area contributed by atoms with Crippen LogP contribution in [0.1, 0.15) is 52.2 Å². The first-order chi connectivity index (χ1) is 9.85. The van der Waals surface area contributed by atoms with Crippen LogP contribution in [-0.4, -0.2) is 0 Å². The minimum absolute atomic E-state index is 0.0441. The maximum absolute atomic E-state index is 4.04. The van der Waals surface area contributed by atoms with E-state index in [1.54, 1.807) is 0 Å². The van der Waals surface area contributed by atoms with Gasteiger partial charge in [0, 0.05) is 5.41 Å². The van der Waals surface area contributed by atoms with E-state index >= 15 is 0 Å². The van der Waals surface area contributed by atoms with E-state index in [4.69, 9.17) is 0 Å². The van der Waals surface area contributed by atoms with Crippen LogP contribution in [0.25, 0.3) is 0 Å². The van der Waals surface area contributed by atoms with Gasteiger partial charge in [-0.05, 0) is 35.5 Å². The summed E-state index contributed by atoms with van der Waals surface area (Å²) in [5.41, 5.74) is 5.55. The SMILES string of the molecule is C=CC1=C(C=C)C(C)(c2ccc(C)cc2)CC1(C)C.CC. The summed E-state index contributed by atoms with van der Waals surface area (Å²) in [6.07, 6.45) is 5.13. The van der Waals surface area contributed by atoms with E-state index < -0.39 is 0 Å². The van der Waals surface area contributed by atoms with Gasteiger partial charge in [0.1, 0.15) is 0 Å². The number of hydrogen-bond acceptors (Lipinski definition) is 0. The highest BCUT2D eigenvalue weighted by atomic mass is 14.5. The number of benzene rings is 1. The lowest BCUT2D eigenvalue weighted by Gasteiger charge is -2.30. The van der Waals surface area contributed by atoms with E-state index in [0.29, 0.717) is 0 Å². The molecule has 0 radical (unpaired) electrons. The monoisotopic (exact) mass is 282 g/mol. The number of aryl methyl sites for hydroxylation is 1. The van der Waals surface area contributed by atoms with Crippen LogP contribution >= 0.6 is 0 Å². The Kier molecular flexibility index (Phi) is 5.39. The molecule has 1 unspecified atom stereocenters. The summed E-state index contributed by atoms with van der Waals surface area (Å²) in [6, 6.07) is 8.89. The van der Waals surface area contributed by atoms with Crippen LogP contribution in [0.4, 0.5) is 0 Å². The Bertz CT molecular complexity index is 540. The summed E-state index contributed by atoms with van der Waals surface area (Å²) in [5, 5.41) is 0. The highest BCUT2D eigenvalue weighted by molar-refractivity contribution is 5.53. The predicted octanol–water partition coefficient (Wildman–Crippen LogP) is 6.38. The molecular weight excluding hydrogens is 252 g/mol. The van der Waals surface area contributed by atoms with Crippen LogP contribution in [0.2, 0.25) is 0 Å². The average molecular weight is 282 g/mol. The molecule has 2 rings (SSSR count). The van der Waals surface area contributed by atoms with Crippen LogP contribution in [0, 0.1) is 12.3 Å². The van der Waals surface area contributed by atoms with Crippen molar-refractivity contribution in [2.45, 2.75) is 53.4 Å². The molecular formula is C21H30. The summed E-state index contributed by atoms with van der Waals surface area (Å²) in [6.45, 7) is 21.1. The van der Waals surface area contributed by atoms with Crippen LogP contribution in [0.15, 0.2) is 60.7 Å². The molecule has 1 atom stereocenters. The van der Waals surface area contributed by atoms with Crippen molar-refractivity contribution in [1.29, 1.82) is 0 Å². The van der Waals surface area contributed by atoms with E-state index in [2.05, 4.69) is 65.1 Å². The third-order valence-corrected chi connectivity index (χ3v) is 4.51. The van der Waals surface area contributed by atoms with Gasteiger partial charge in [-0.3, -0.25) is 0 Å². The fraction of sp³-hybridized carbons (Fsp3) is 0.429. The highest BCUT2D eigenvalue weighted by Gasteiger charge is 2.45. The number of allylic oxidation sites excluding steroid dienone is 4. The first kappa shape index (κ1) is 17.5. The molecule has 1 aromatic carbocycles. The Balaban J connectivity index is 0.00000106. The van der Waals surface area contributed by atoms with Gasteiger partial charge in [0.05, 0.1) is 0 Å². The quantitative estimate of drug-likeness (QED) is 0.603. The molecule has 0 nitrogen and oxygen atoms in total. The highest BCUT2D eigenvalue weighted by Crippen LogP contribution is 2.54. The first-order valence-corrected chi connectivity index (χ1v) is 7.92. The van der Waals surface area contributed by atoms with Gasteiger partial charge in [0.2, 0.25) is 0 Å². The summed E-state index contributed by atoms with van der Waals surface area (Å²) in [4.78, 5) is 0. The van der Waals surface area contributed by atoms with Crippen molar-refractivity contribution in [2.24, 2.45) is 5.41 Å². The van der Waals surface area contributed by atoms with Crippen molar-refractivity contribution in [3.8, 4) is 0 Å². The van der Waals surface area contributed by atoms with E-state index in [1.165, 1.54) is 22.3 Å². The van der Waals surface area contributed by atoms with Gasteiger partial charge in [-0.1, -0.05) is 89.8 Å². The maximum atomic E-state index is 4.04. The standard InChI is InChI=1S/C19H24.C2H6/c1-7-16-17(8-2)19(6,13-18(16,4)5)15-11-9-14(3)10-12-15;1-2/h7-12H,1-2,13H2,3-6H3;1-2H3. The smallest absolute Gasteiger partial charge is 0.0185 e. The topological polar surface area (TPSA) is 0 Å². The van der Waals surface area contributed by atoms with Crippen molar-refractivity contribution < 1.29 is 0 Å². The molecule has 0 saturated heterocycles. The molecule has 114 valence electrons. The summed E-state index contributed by atoms with van der Waals surface area (Å²) < 4.78 is 0. The van der Waals surface area contributed by atoms with E-state index in [0.717, 1.165) is 6.42 Å². The van der Waals surface area contributed by atoms with Gasteiger partial charge in [-0.15, -0.1) is 0 Å². The molecule has 0 amide bonds. The Morgan fingerprint density at radius 2 is 1.38 bits per heavy atom. The van der Waals surface area contributed by atoms with Crippen LogP contribution in [-0.2, 0) is 5.41 Å². The predicted molar refractivity (Wildman–Crippen MR) is 95.7 cm³/mol. The molecule has 1 aliphatic rings. The van der Waals surface area contributed by atoms with Gasteiger partial charge in [0.15, 0.2) is 0 Å². The minimum Gasteiger partial charge on any atom is -0.0988 e. The maximum Gasteiger partial charge on any atom is 0.0185 e. The van der Waals surface area contributed by atoms with E-state index in [9.17, 15) is 0 Å². The Morgan fingerprint density at radius 3 is 1.81 bits per heavy atom. The second kappa shape index (κ2) is 6.47. The largest absolute Gasteiger partial charge is 0.0988 e. The fourth-order valence-electron chi connectivity index (χ4n) is 3.64. The Hall–Kier alpha value is -1.56. The van der Waals surface area contributed by atoms with Crippen molar-refractivity contribution in [3.63, 3.8) is 0 Å². The Labute approximate surface area is 131 Å². The third-order valence-electron chi connectivity index (χ3n) is 4.51. The minimum atomic E-state index is 0.0441. The zero-order valence-electron chi connectivity index (χ0n) is 14.6. The van der Waals surface area contributed by atoms with Crippen molar-refractivity contribution >= 4 is 0 Å². The fourth-order valence-corrected chi connectivity index (χ4v) is 3.64. The third kappa shape index (κ3) is 3.05. The number of hydrogen-bond donors (Lipinski definition) is 0. The van der Waals surface area contributed by atoms with Gasteiger partial charge >= 0.3 is 0 Å². The Morgan fingerprint density at radius 1 is 0.905 bits per heavy atom. The summed E-state index contributed by atoms with van der Waals surface area (Å²) in [7, 11) is 0. The van der Waals surface area contributed by atoms with Gasteiger partial charge in [0.25, 0.3) is 0 Å². The van der Waals surface area contributed by atoms with Crippen LogP contribution in [0.5, 0.6) is 0 Å². The molecule has 0 aromatic heterocycles. The molecule has 0 fully saturated rings. The number of rotatable bonds is 3. The molecule has 0 heterocycles. The molecule has 0 spiro atoms. The molecule has 0 heteroatoms. The molecule has 21 heavy (non-hydrogen) atoms. The zero-order valence-corrected chi connectivity index (χ0v) is 14.6. The molecule has 0 bridgehead atoms.